The van der Waals surface area contributed by atoms with E-state index < -0.39 is 34.8 Å². The van der Waals surface area contributed by atoms with E-state index in [1.165, 1.54) is 13.8 Å². The monoisotopic (exact) mass is 328 g/mol. The molecule has 0 fully saturated rings. The third-order valence-electron chi connectivity index (χ3n) is 2.32. The molecule has 1 rings (SSSR count). The van der Waals surface area contributed by atoms with Crippen molar-refractivity contribution in [3.63, 3.8) is 0 Å². The number of alkyl carbamates (subject to hydrolysis) is 1. The lowest BCUT2D eigenvalue weighted by molar-refractivity contribution is -0.151. The van der Waals surface area contributed by atoms with Crippen LogP contribution in [0.1, 0.15) is 34.6 Å². The van der Waals surface area contributed by atoms with E-state index in [1.807, 2.05) is 0 Å². The van der Waals surface area contributed by atoms with Gasteiger partial charge in [-0.3, -0.25) is 5.32 Å². The molecule has 1 unspecified atom stereocenters. The zero-order chi connectivity index (χ0) is 16.6. The zero-order valence-corrected chi connectivity index (χ0v) is 13.2. The molecule has 0 spiro atoms. The van der Waals surface area contributed by atoms with Crippen LogP contribution in [0.5, 0.6) is 0 Å². The molecule has 0 aromatic carbocycles. The Balaban J connectivity index is 2.88. The predicted molar refractivity (Wildman–Crippen MR) is 73.0 cm³/mol. The van der Waals surface area contributed by atoms with Gasteiger partial charge in [0.05, 0.1) is 0 Å². The van der Waals surface area contributed by atoms with Crippen LogP contribution in [-0.4, -0.2) is 39.1 Å². The average Bonchev–Trinajstić information content (AvgIpc) is 2.56. The lowest BCUT2D eigenvalue weighted by atomic mass is 10.2. The van der Waals surface area contributed by atoms with E-state index in [9.17, 15) is 23.1 Å². The number of halogens is 3. The Morgan fingerprint density at radius 3 is 2.24 bits per heavy atom. The van der Waals surface area contributed by atoms with Gasteiger partial charge in [-0.25, -0.2) is 4.79 Å². The number of thioether (sulfide) groups is 1. The van der Waals surface area contributed by atoms with Crippen molar-refractivity contribution in [1.29, 1.82) is 0 Å². The first-order chi connectivity index (χ1) is 9.22. The topological polar surface area (TPSA) is 61.8 Å². The molecule has 122 valence electrons. The SMILES string of the molecule is CC(C)(C)OC(=O)NC1SC=C(C(F)(F)F)N1C(C)(C)O. The van der Waals surface area contributed by atoms with Crippen LogP contribution in [0.2, 0.25) is 0 Å². The van der Waals surface area contributed by atoms with Gasteiger partial charge in [0, 0.05) is 5.41 Å². The highest BCUT2D eigenvalue weighted by molar-refractivity contribution is 8.02. The first-order valence-electron chi connectivity index (χ1n) is 6.16. The maximum absolute atomic E-state index is 12.9. The van der Waals surface area contributed by atoms with Crippen molar-refractivity contribution in [2.75, 3.05) is 0 Å². The summed E-state index contributed by atoms with van der Waals surface area (Å²) in [6.45, 7) is 7.34. The minimum Gasteiger partial charge on any atom is -0.444 e. The van der Waals surface area contributed by atoms with Crippen LogP contribution in [0.3, 0.4) is 0 Å². The summed E-state index contributed by atoms with van der Waals surface area (Å²) in [5.41, 5.74) is -4.69. The molecule has 0 bridgehead atoms. The van der Waals surface area contributed by atoms with E-state index in [4.69, 9.17) is 4.74 Å². The van der Waals surface area contributed by atoms with Gasteiger partial charge in [0.25, 0.3) is 0 Å². The maximum Gasteiger partial charge on any atom is 0.431 e. The molecule has 1 atom stereocenters. The van der Waals surface area contributed by atoms with Gasteiger partial charge < -0.3 is 14.7 Å². The summed E-state index contributed by atoms with van der Waals surface area (Å²) in [5.74, 6) is 0. The standard InChI is InChI=1S/C12H19F3N2O3S/c1-10(2,3)20-9(18)16-8-17(11(4,5)19)7(6-21-8)12(13,14)15/h6,8,19H,1-5H3,(H,16,18). The van der Waals surface area contributed by atoms with Crippen molar-refractivity contribution in [1.82, 2.24) is 10.2 Å². The van der Waals surface area contributed by atoms with Crippen molar-refractivity contribution >= 4 is 17.9 Å². The molecule has 0 aromatic heterocycles. The molecule has 0 aliphatic carbocycles. The van der Waals surface area contributed by atoms with E-state index in [-0.39, 0.29) is 0 Å². The summed E-state index contributed by atoms with van der Waals surface area (Å²) in [6, 6.07) is 0. The summed E-state index contributed by atoms with van der Waals surface area (Å²) in [5, 5.41) is 13.1. The minimum atomic E-state index is -4.63. The average molecular weight is 328 g/mol. The van der Waals surface area contributed by atoms with Gasteiger partial charge in [-0.1, -0.05) is 11.8 Å². The van der Waals surface area contributed by atoms with Crippen LogP contribution in [0.4, 0.5) is 18.0 Å². The fourth-order valence-corrected chi connectivity index (χ4v) is 2.83. The van der Waals surface area contributed by atoms with E-state index in [0.717, 1.165) is 17.2 Å². The van der Waals surface area contributed by atoms with Gasteiger partial charge in [-0.15, -0.1) is 0 Å². The van der Waals surface area contributed by atoms with Crippen LogP contribution in [0.25, 0.3) is 0 Å². The van der Waals surface area contributed by atoms with Gasteiger partial charge in [-0.2, -0.15) is 13.2 Å². The molecule has 0 radical (unpaired) electrons. The number of allylic oxidation sites excluding steroid dienone is 1. The fourth-order valence-electron chi connectivity index (χ4n) is 1.66. The first kappa shape index (κ1) is 18.0. The molecular formula is C12H19F3N2O3S. The number of carbonyl (C=O) groups excluding carboxylic acids is 1. The zero-order valence-electron chi connectivity index (χ0n) is 12.4. The summed E-state index contributed by atoms with van der Waals surface area (Å²) in [4.78, 5) is 12.4. The van der Waals surface area contributed by atoms with Crippen LogP contribution >= 0.6 is 11.8 Å². The number of amides is 1. The number of nitrogens with one attached hydrogen (secondary N) is 1. The molecule has 9 heteroatoms. The van der Waals surface area contributed by atoms with Crippen LogP contribution in [0, 0.1) is 0 Å². The molecule has 5 nitrogen and oxygen atoms in total. The lowest BCUT2D eigenvalue weighted by Crippen LogP contribution is -2.55. The van der Waals surface area contributed by atoms with E-state index in [1.54, 1.807) is 20.8 Å². The van der Waals surface area contributed by atoms with Crippen molar-refractivity contribution in [3.05, 3.63) is 11.1 Å². The Morgan fingerprint density at radius 1 is 1.33 bits per heavy atom. The molecule has 1 aliphatic rings. The summed E-state index contributed by atoms with van der Waals surface area (Å²) >= 11 is 0.739. The largest absolute Gasteiger partial charge is 0.444 e. The number of hydrogen-bond acceptors (Lipinski definition) is 5. The van der Waals surface area contributed by atoms with Gasteiger partial charge in [0.1, 0.15) is 17.0 Å². The number of ether oxygens (including phenoxy) is 1. The molecule has 0 saturated heterocycles. The predicted octanol–water partition coefficient (Wildman–Crippen LogP) is 2.98. The third-order valence-corrected chi connectivity index (χ3v) is 3.27. The number of aliphatic hydroxyl groups is 1. The normalized spacial score (nSPS) is 20.3. The minimum absolute atomic E-state index is 0.696. The Bertz CT molecular complexity index is 438. The number of carbonyl (C=O) groups is 1. The highest BCUT2D eigenvalue weighted by Gasteiger charge is 2.49. The first-order valence-corrected chi connectivity index (χ1v) is 7.10. The summed E-state index contributed by atoms with van der Waals surface area (Å²) in [7, 11) is 0. The van der Waals surface area contributed by atoms with Crippen molar-refractivity contribution in [2.24, 2.45) is 0 Å². The molecule has 1 aliphatic heterocycles. The highest BCUT2D eigenvalue weighted by Crippen LogP contribution is 2.42. The number of alkyl halides is 3. The van der Waals surface area contributed by atoms with Crippen LogP contribution < -0.4 is 5.32 Å². The number of rotatable bonds is 2. The van der Waals surface area contributed by atoms with Crippen LogP contribution in [-0.2, 0) is 4.74 Å². The summed E-state index contributed by atoms with van der Waals surface area (Å²) in [6.07, 6.45) is -5.48. The Morgan fingerprint density at radius 2 is 1.86 bits per heavy atom. The van der Waals surface area contributed by atoms with Crippen molar-refractivity contribution in [3.8, 4) is 0 Å². The van der Waals surface area contributed by atoms with E-state index in [2.05, 4.69) is 5.32 Å². The fraction of sp³-hybridized carbons (Fsp3) is 0.750. The molecular weight excluding hydrogens is 309 g/mol. The Labute approximate surface area is 125 Å². The van der Waals surface area contributed by atoms with Crippen molar-refractivity contribution < 1.29 is 27.8 Å². The van der Waals surface area contributed by atoms with E-state index in [0.29, 0.717) is 4.90 Å². The lowest BCUT2D eigenvalue weighted by Gasteiger charge is -2.39. The Hall–Kier alpha value is -1.09. The van der Waals surface area contributed by atoms with Crippen LogP contribution in [0.15, 0.2) is 11.1 Å². The van der Waals surface area contributed by atoms with Gasteiger partial charge in [-0.05, 0) is 34.6 Å². The van der Waals surface area contributed by atoms with Crippen molar-refractivity contribution in [2.45, 2.75) is 57.6 Å². The quantitative estimate of drug-likeness (QED) is 0.816. The molecule has 1 amide bonds. The molecule has 1 heterocycles. The summed E-state index contributed by atoms with van der Waals surface area (Å²) < 4.78 is 43.8. The number of nitrogens with zero attached hydrogens (tertiary/aromatic N) is 1. The Kier molecular flexibility index (Phi) is 4.79. The smallest absolute Gasteiger partial charge is 0.431 e. The molecule has 0 aromatic rings. The third kappa shape index (κ3) is 4.99. The van der Waals surface area contributed by atoms with Gasteiger partial charge >= 0.3 is 12.3 Å². The second-order valence-corrected chi connectivity index (χ2v) is 6.95. The molecule has 0 saturated carbocycles. The molecule has 21 heavy (non-hydrogen) atoms. The number of hydrogen-bond donors (Lipinski definition) is 2. The molecule has 2 N–H and O–H groups in total. The van der Waals surface area contributed by atoms with Gasteiger partial charge in [0.15, 0.2) is 5.50 Å². The van der Waals surface area contributed by atoms with E-state index >= 15 is 0 Å². The second kappa shape index (κ2) is 5.60. The second-order valence-electron chi connectivity index (χ2n) is 6.00. The highest BCUT2D eigenvalue weighted by atomic mass is 32.2. The van der Waals surface area contributed by atoms with Gasteiger partial charge in [0.2, 0.25) is 0 Å². The maximum atomic E-state index is 12.9.